The molecule has 0 atom stereocenters. The number of hydrogen-bond donors (Lipinski definition) is 1. The minimum Gasteiger partial charge on any atom is -0.326 e. The highest BCUT2D eigenvalue weighted by Crippen LogP contribution is 2.13. The fourth-order valence-electron chi connectivity index (χ4n) is 2.03. The summed E-state index contributed by atoms with van der Waals surface area (Å²) in [7, 11) is 0. The van der Waals surface area contributed by atoms with Crippen molar-refractivity contribution in [1.29, 1.82) is 0 Å². The van der Waals surface area contributed by atoms with Crippen molar-refractivity contribution in [2.24, 2.45) is 0 Å². The lowest BCUT2D eigenvalue weighted by Gasteiger charge is -2.13. The molecule has 0 unspecified atom stereocenters. The van der Waals surface area contributed by atoms with Crippen molar-refractivity contribution in [2.45, 2.75) is 25.7 Å². The standard InChI is InChI=1S/C14H15FN2O3/c15-10-3-5-11(6-4-10)16-12(18)2-1-9-17-13(19)7-8-14(17)20/h3-6H,1-2,7-9H2,(H,16,18). The first-order chi connectivity index (χ1) is 9.56. The summed E-state index contributed by atoms with van der Waals surface area (Å²) in [4.78, 5) is 35.5. The maximum atomic E-state index is 12.7. The molecule has 1 heterocycles. The third-order valence-electron chi connectivity index (χ3n) is 3.07. The lowest BCUT2D eigenvalue weighted by molar-refractivity contribution is -0.138. The molecule has 0 aromatic heterocycles. The molecular weight excluding hydrogens is 263 g/mol. The molecule has 1 aromatic rings. The van der Waals surface area contributed by atoms with Gasteiger partial charge in [0.05, 0.1) is 0 Å². The lowest BCUT2D eigenvalue weighted by atomic mass is 10.2. The zero-order valence-corrected chi connectivity index (χ0v) is 10.9. The number of anilines is 1. The van der Waals surface area contributed by atoms with Gasteiger partial charge in [-0.05, 0) is 30.7 Å². The highest BCUT2D eigenvalue weighted by molar-refractivity contribution is 6.01. The monoisotopic (exact) mass is 278 g/mol. The maximum absolute atomic E-state index is 12.7. The number of rotatable bonds is 5. The van der Waals surface area contributed by atoms with Crippen LogP contribution in [0.15, 0.2) is 24.3 Å². The second kappa shape index (κ2) is 6.27. The number of imide groups is 1. The number of nitrogens with zero attached hydrogens (tertiary/aromatic N) is 1. The smallest absolute Gasteiger partial charge is 0.229 e. The first-order valence-electron chi connectivity index (χ1n) is 6.45. The zero-order valence-electron chi connectivity index (χ0n) is 10.9. The molecule has 1 aliphatic rings. The molecule has 0 radical (unpaired) electrons. The summed E-state index contributed by atoms with van der Waals surface area (Å²) in [6, 6.07) is 5.47. The van der Waals surface area contributed by atoms with Gasteiger partial charge in [-0.25, -0.2) is 4.39 Å². The van der Waals surface area contributed by atoms with Crippen LogP contribution in [0.5, 0.6) is 0 Å². The molecule has 1 saturated heterocycles. The maximum Gasteiger partial charge on any atom is 0.229 e. The van der Waals surface area contributed by atoms with Gasteiger partial charge in [-0.3, -0.25) is 19.3 Å². The molecule has 1 N–H and O–H groups in total. The van der Waals surface area contributed by atoms with Gasteiger partial charge in [0.25, 0.3) is 0 Å². The second-order valence-electron chi connectivity index (χ2n) is 4.60. The number of benzene rings is 1. The fraction of sp³-hybridized carbons (Fsp3) is 0.357. The van der Waals surface area contributed by atoms with Crippen molar-refractivity contribution in [1.82, 2.24) is 4.90 Å². The summed E-state index contributed by atoms with van der Waals surface area (Å²) >= 11 is 0. The highest BCUT2D eigenvalue weighted by atomic mass is 19.1. The van der Waals surface area contributed by atoms with Gasteiger partial charge in [0.2, 0.25) is 17.7 Å². The molecule has 3 amide bonds. The van der Waals surface area contributed by atoms with Crippen LogP contribution in [-0.4, -0.2) is 29.2 Å². The normalized spacial score (nSPS) is 14.8. The van der Waals surface area contributed by atoms with Crippen LogP contribution in [-0.2, 0) is 14.4 Å². The average Bonchev–Trinajstić information content (AvgIpc) is 2.73. The second-order valence-corrected chi connectivity index (χ2v) is 4.60. The molecule has 0 aliphatic carbocycles. The van der Waals surface area contributed by atoms with Crippen molar-refractivity contribution in [3.63, 3.8) is 0 Å². The Balaban J connectivity index is 1.74. The van der Waals surface area contributed by atoms with Crippen LogP contribution in [0.2, 0.25) is 0 Å². The van der Waals surface area contributed by atoms with Crippen LogP contribution in [0.3, 0.4) is 0 Å². The molecule has 0 saturated carbocycles. The van der Waals surface area contributed by atoms with Crippen LogP contribution in [0, 0.1) is 5.82 Å². The van der Waals surface area contributed by atoms with Gasteiger partial charge in [-0.2, -0.15) is 0 Å². The Morgan fingerprint density at radius 3 is 2.35 bits per heavy atom. The van der Waals surface area contributed by atoms with Gasteiger partial charge in [-0.15, -0.1) is 0 Å². The molecule has 1 fully saturated rings. The van der Waals surface area contributed by atoms with E-state index in [1.165, 1.54) is 29.2 Å². The van der Waals surface area contributed by atoms with E-state index in [2.05, 4.69) is 5.32 Å². The van der Waals surface area contributed by atoms with E-state index in [1.807, 2.05) is 0 Å². The minimum atomic E-state index is -0.367. The third kappa shape index (κ3) is 3.63. The van der Waals surface area contributed by atoms with Crippen molar-refractivity contribution in [2.75, 3.05) is 11.9 Å². The molecule has 0 bridgehead atoms. The lowest BCUT2D eigenvalue weighted by Crippen LogP contribution is -2.30. The molecule has 1 aromatic carbocycles. The summed E-state index contributed by atoms with van der Waals surface area (Å²) in [5, 5.41) is 2.62. The predicted molar refractivity (Wildman–Crippen MR) is 70.2 cm³/mol. The van der Waals surface area contributed by atoms with Crippen molar-refractivity contribution in [3.05, 3.63) is 30.1 Å². The van der Waals surface area contributed by atoms with Crippen LogP contribution in [0.25, 0.3) is 0 Å². The first-order valence-corrected chi connectivity index (χ1v) is 6.45. The topological polar surface area (TPSA) is 66.5 Å². The Hall–Kier alpha value is -2.24. The van der Waals surface area contributed by atoms with Crippen molar-refractivity contribution < 1.29 is 18.8 Å². The Morgan fingerprint density at radius 1 is 1.15 bits per heavy atom. The largest absolute Gasteiger partial charge is 0.326 e. The van der Waals surface area contributed by atoms with E-state index in [9.17, 15) is 18.8 Å². The molecule has 1 aliphatic heterocycles. The molecule has 20 heavy (non-hydrogen) atoms. The van der Waals surface area contributed by atoms with E-state index in [4.69, 9.17) is 0 Å². The molecule has 2 rings (SSSR count). The van der Waals surface area contributed by atoms with Gasteiger partial charge in [-0.1, -0.05) is 0 Å². The van der Waals surface area contributed by atoms with Gasteiger partial charge in [0.1, 0.15) is 5.82 Å². The zero-order chi connectivity index (χ0) is 14.5. The van der Waals surface area contributed by atoms with E-state index in [-0.39, 0.29) is 49.3 Å². The summed E-state index contributed by atoms with van der Waals surface area (Å²) in [5.74, 6) is -0.937. The van der Waals surface area contributed by atoms with E-state index in [0.717, 1.165) is 0 Å². The predicted octanol–water partition coefficient (Wildman–Crippen LogP) is 1.69. The van der Waals surface area contributed by atoms with Crippen LogP contribution >= 0.6 is 0 Å². The molecule has 6 heteroatoms. The van der Waals surface area contributed by atoms with E-state index in [0.29, 0.717) is 12.1 Å². The van der Waals surface area contributed by atoms with Gasteiger partial charge < -0.3 is 5.32 Å². The van der Waals surface area contributed by atoms with Crippen molar-refractivity contribution >= 4 is 23.4 Å². The summed E-state index contributed by atoms with van der Waals surface area (Å²) in [6.45, 7) is 0.272. The Kier molecular flexibility index (Phi) is 4.45. The number of likely N-dealkylation sites (tertiary alicyclic amines) is 1. The summed E-state index contributed by atoms with van der Waals surface area (Å²) in [6.07, 6.45) is 1.15. The SMILES string of the molecule is O=C(CCCN1C(=O)CCC1=O)Nc1ccc(F)cc1. The number of amides is 3. The van der Waals surface area contributed by atoms with Gasteiger partial charge in [0.15, 0.2) is 0 Å². The Labute approximate surface area is 115 Å². The quantitative estimate of drug-likeness (QED) is 0.833. The molecule has 106 valence electrons. The van der Waals surface area contributed by atoms with Gasteiger partial charge in [0, 0.05) is 31.5 Å². The first kappa shape index (κ1) is 14.2. The fourth-order valence-corrected chi connectivity index (χ4v) is 2.03. The van der Waals surface area contributed by atoms with Crippen LogP contribution < -0.4 is 5.32 Å². The number of carbonyl (C=O) groups is 3. The van der Waals surface area contributed by atoms with E-state index in [1.54, 1.807) is 0 Å². The van der Waals surface area contributed by atoms with Crippen molar-refractivity contribution in [3.8, 4) is 0 Å². The van der Waals surface area contributed by atoms with Crippen LogP contribution in [0.4, 0.5) is 10.1 Å². The molecule has 0 spiro atoms. The number of halogens is 1. The molecule has 5 nitrogen and oxygen atoms in total. The minimum absolute atomic E-state index is 0.172. The van der Waals surface area contributed by atoms with Crippen LogP contribution in [0.1, 0.15) is 25.7 Å². The summed E-state index contributed by atoms with van der Waals surface area (Å²) in [5.41, 5.74) is 0.518. The Bertz CT molecular complexity index is 512. The average molecular weight is 278 g/mol. The Morgan fingerprint density at radius 2 is 1.75 bits per heavy atom. The van der Waals surface area contributed by atoms with E-state index < -0.39 is 0 Å². The van der Waals surface area contributed by atoms with Gasteiger partial charge >= 0.3 is 0 Å². The number of nitrogens with one attached hydrogen (secondary N) is 1. The van der Waals surface area contributed by atoms with E-state index >= 15 is 0 Å². The molecular formula is C14H15FN2O3. The third-order valence-corrected chi connectivity index (χ3v) is 3.07. The summed E-state index contributed by atoms with van der Waals surface area (Å²) < 4.78 is 12.7. The highest BCUT2D eigenvalue weighted by Gasteiger charge is 2.28. The number of carbonyl (C=O) groups excluding carboxylic acids is 3. The number of hydrogen-bond acceptors (Lipinski definition) is 3.